The highest BCUT2D eigenvalue weighted by Crippen LogP contribution is 2.12. The Morgan fingerprint density at radius 2 is 1.11 bits per heavy atom. The highest BCUT2D eigenvalue weighted by atomic mass is 16.1. The lowest BCUT2D eigenvalue weighted by molar-refractivity contribution is 0.540. The predicted octanol–water partition coefficient (Wildman–Crippen LogP) is 6.13. The lowest BCUT2D eigenvalue weighted by atomic mass is 10.0. The van der Waals surface area contributed by atoms with Crippen LogP contribution < -0.4 is 0 Å². The molecule has 0 aromatic rings. The summed E-state index contributed by atoms with van der Waals surface area (Å²) in [6, 6.07) is 0. The minimum absolute atomic E-state index is 1.03. The van der Waals surface area contributed by atoms with Crippen molar-refractivity contribution in [2.24, 2.45) is 0 Å². The molecule has 0 amide bonds. The van der Waals surface area contributed by atoms with Gasteiger partial charge in [-0.15, -0.1) is 0 Å². The van der Waals surface area contributed by atoms with E-state index >= 15 is 0 Å². The molecule has 0 unspecified atom stereocenters. The zero-order valence-electron chi connectivity index (χ0n) is 13.0. The summed E-state index contributed by atoms with van der Waals surface area (Å²) in [6.07, 6.45) is 24.3. The van der Waals surface area contributed by atoms with Crippen LogP contribution in [-0.2, 0) is 4.79 Å². The predicted molar refractivity (Wildman–Crippen MR) is 85.1 cm³/mol. The topological polar surface area (TPSA) is 17.1 Å². The van der Waals surface area contributed by atoms with E-state index in [0.717, 1.165) is 6.42 Å². The Hall–Kier alpha value is -0.590. The van der Waals surface area contributed by atoms with E-state index in [4.69, 9.17) is 0 Å². The number of carbonyl (C=O) groups excluding carboxylic acids is 1. The van der Waals surface area contributed by atoms with Crippen LogP contribution in [0.3, 0.4) is 0 Å². The molecule has 0 aromatic carbocycles. The molecule has 0 saturated heterocycles. The summed E-state index contributed by atoms with van der Waals surface area (Å²) in [7, 11) is 0. The van der Waals surface area contributed by atoms with Crippen LogP contribution in [0.1, 0.15) is 96.8 Å². The van der Waals surface area contributed by atoms with E-state index in [-0.39, 0.29) is 0 Å². The zero-order chi connectivity index (χ0) is 14.0. The molecule has 0 saturated carbocycles. The monoisotopic (exact) mass is 265 g/mol. The van der Waals surface area contributed by atoms with E-state index < -0.39 is 0 Å². The molecule has 1 heteroatoms. The number of allylic oxidation sites excluding steroid dienone is 2. The molecule has 0 N–H and O–H groups in total. The van der Waals surface area contributed by atoms with Crippen LogP contribution in [0.5, 0.6) is 0 Å². The van der Waals surface area contributed by atoms with E-state index in [1.807, 2.05) is 6.08 Å². The van der Waals surface area contributed by atoms with Gasteiger partial charge in [-0.2, -0.15) is 0 Å². The maximum Gasteiger partial charge on any atom is 0.225 e. The SMILES string of the molecule is CCCCCCCCCCCCCCC/C=C/[C]=O. The van der Waals surface area contributed by atoms with Gasteiger partial charge >= 0.3 is 0 Å². The fourth-order valence-corrected chi connectivity index (χ4v) is 2.41. The lowest BCUT2D eigenvalue weighted by Gasteiger charge is -2.02. The van der Waals surface area contributed by atoms with Crippen LogP contribution in [0.2, 0.25) is 0 Å². The number of unbranched alkanes of at least 4 members (excludes halogenated alkanes) is 13. The molecular formula is C18H33O. The van der Waals surface area contributed by atoms with Crippen LogP contribution in [0.15, 0.2) is 12.2 Å². The Morgan fingerprint density at radius 3 is 1.53 bits per heavy atom. The summed E-state index contributed by atoms with van der Waals surface area (Å²) >= 11 is 0. The van der Waals surface area contributed by atoms with Crippen molar-refractivity contribution in [1.29, 1.82) is 0 Å². The van der Waals surface area contributed by atoms with Crippen LogP contribution in [-0.4, -0.2) is 6.29 Å². The first kappa shape index (κ1) is 18.4. The largest absolute Gasteiger partial charge is 0.286 e. The van der Waals surface area contributed by atoms with Crippen molar-refractivity contribution in [3.63, 3.8) is 0 Å². The molecule has 1 nitrogen and oxygen atoms in total. The molecule has 0 aromatic heterocycles. The molecular weight excluding hydrogens is 232 g/mol. The van der Waals surface area contributed by atoms with Crippen molar-refractivity contribution in [1.82, 2.24) is 0 Å². The summed E-state index contributed by atoms with van der Waals surface area (Å²) in [5, 5.41) is 0. The van der Waals surface area contributed by atoms with E-state index in [0.29, 0.717) is 0 Å². The van der Waals surface area contributed by atoms with Gasteiger partial charge in [0, 0.05) is 0 Å². The van der Waals surface area contributed by atoms with Crippen molar-refractivity contribution in [3.8, 4) is 0 Å². The first-order chi connectivity index (χ1) is 9.41. The molecule has 0 bridgehead atoms. The van der Waals surface area contributed by atoms with Gasteiger partial charge in [-0.1, -0.05) is 90.0 Å². The second-order valence-electron chi connectivity index (χ2n) is 5.55. The summed E-state index contributed by atoms with van der Waals surface area (Å²) in [4.78, 5) is 9.93. The van der Waals surface area contributed by atoms with Gasteiger partial charge in [0.15, 0.2) is 0 Å². The van der Waals surface area contributed by atoms with E-state index in [1.165, 1.54) is 89.5 Å². The number of rotatable bonds is 15. The van der Waals surface area contributed by atoms with Crippen molar-refractivity contribution in [3.05, 3.63) is 12.2 Å². The molecule has 0 fully saturated rings. The summed E-state index contributed by atoms with van der Waals surface area (Å²) < 4.78 is 0. The third-order valence-electron chi connectivity index (χ3n) is 3.66. The summed E-state index contributed by atoms with van der Waals surface area (Å²) in [5.74, 6) is 0. The van der Waals surface area contributed by atoms with Gasteiger partial charge < -0.3 is 0 Å². The van der Waals surface area contributed by atoms with Gasteiger partial charge in [-0.05, 0) is 18.9 Å². The molecule has 0 aliphatic heterocycles. The van der Waals surface area contributed by atoms with Gasteiger partial charge in [-0.3, -0.25) is 4.79 Å². The summed E-state index contributed by atoms with van der Waals surface area (Å²) in [5.41, 5.74) is 0. The van der Waals surface area contributed by atoms with E-state index in [9.17, 15) is 4.79 Å². The number of hydrogen-bond acceptors (Lipinski definition) is 1. The quantitative estimate of drug-likeness (QED) is 0.257. The Balaban J connectivity index is 2.95. The normalized spacial score (nSPS) is 11.2. The van der Waals surface area contributed by atoms with Gasteiger partial charge in [0.2, 0.25) is 6.29 Å². The summed E-state index contributed by atoms with van der Waals surface area (Å²) in [6.45, 7) is 2.27. The second kappa shape index (κ2) is 17.4. The molecule has 0 aliphatic rings. The first-order valence-corrected chi connectivity index (χ1v) is 8.44. The van der Waals surface area contributed by atoms with Crippen LogP contribution in [0.4, 0.5) is 0 Å². The lowest BCUT2D eigenvalue weighted by Crippen LogP contribution is -1.82. The van der Waals surface area contributed by atoms with Gasteiger partial charge in [0.1, 0.15) is 0 Å². The number of hydrogen-bond donors (Lipinski definition) is 0. The highest BCUT2D eigenvalue weighted by molar-refractivity contribution is 5.65. The molecule has 1 radical (unpaired) electrons. The van der Waals surface area contributed by atoms with Gasteiger partial charge in [0.05, 0.1) is 0 Å². The Kier molecular flexibility index (Phi) is 16.9. The maximum absolute atomic E-state index is 9.93. The van der Waals surface area contributed by atoms with Crippen molar-refractivity contribution < 1.29 is 4.79 Å². The Labute approximate surface area is 120 Å². The zero-order valence-corrected chi connectivity index (χ0v) is 13.0. The minimum Gasteiger partial charge on any atom is -0.286 e. The molecule has 0 aliphatic carbocycles. The van der Waals surface area contributed by atoms with E-state index in [1.54, 1.807) is 6.29 Å². The first-order valence-electron chi connectivity index (χ1n) is 8.44. The third kappa shape index (κ3) is 17.4. The van der Waals surface area contributed by atoms with Gasteiger partial charge in [0.25, 0.3) is 0 Å². The average molecular weight is 265 g/mol. The van der Waals surface area contributed by atoms with Crippen LogP contribution in [0, 0.1) is 0 Å². The van der Waals surface area contributed by atoms with Crippen molar-refractivity contribution >= 4 is 6.29 Å². The van der Waals surface area contributed by atoms with Crippen molar-refractivity contribution in [2.45, 2.75) is 96.8 Å². The van der Waals surface area contributed by atoms with Crippen molar-refractivity contribution in [2.75, 3.05) is 0 Å². The maximum atomic E-state index is 9.93. The Bertz CT molecular complexity index is 196. The molecule has 111 valence electrons. The fourth-order valence-electron chi connectivity index (χ4n) is 2.41. The highest BCUT2D eigenvalue weighted by Gasteiger charge is 1.93. The van der Waals surface area contributed by atoms with Crippen LogP contribution in [0.25, 0.3) is 0 Å². The van der Waals surface area contributed by atoms with Crippen LogP contribution >= 0.6 is 0 Å². The molecule has 0 rings (SSSR count). The fraction of sp³-hybridized carbons (Fsp3) is 0.833. The second-order valence-corrected chi connectivity index (χ2v) is 5.55. The minimum atomic E-state index is 1.03. The molecule has 0 spiro atoms. The molecule has 0 atom stereocenters. The average Bonchev–Trinajstić information content (AvgIpc) is 2.43. The Morgan fingerprint density at radius 1 is 0.684 bits per heavy atom. The third-order valence-corrected chi connectivity index (χ3v) is 3.66. The smallest absolute Gasteiger partial charge is 0.225 e. The van der Waals surface area contributed by atoms with Gasteiger partial charge in [-0.25, -0.2) is 0 Å². The molecule has 0 heterocycles. The van der Waals surface area contributed by atoms with E-state index in [2.05, 4.69) is 6.92 Å². The molecule has 19 heavy (non-hydrogen) atoms. The standard InChI is InChI=1S/C18H33O/c1-2-3-4-5-6-7-8-9-10-11-12-13-14-15-16-17-18-19/h16-17H,2-15H2,1H3/b17-16+.